The molecule has 1 N–H and O–H groups in total. The van der Waals surface area contributed by atoms with Crippen LogP contribution in [0.2, 0.25) is 0 Å². The molecule has 0 fully saturated rings. The number of aryl methyl sites for hydroxylation is 1. The molecule has 1 heterocycles. The third kappa shape index (κ3) is 2.41. The molecule has 0 saturated heterocycles. The number of hydrogen-bond donors (Lipinski definition) is 1. The molecule has 18 heavy (non-hydrogen) atoms. The van der Waals surface area contributed by atoms with E-state index < -0.39 is 6.04 Å². The van der Waals surface area contributed by atoms with E-state index in [1.807, 2.05) is 18.2 Å². The van der Waals surface area contributed by atoms with Gasteiger partial charge in [0, 0.05) is 0 Å². The number of benzene rings is 1. The first-order valence-corrected chi connectivity index (χ1v) is 5.52. The second kappa shape index (κ2) is 5.19. The summed E-state index contributed by atoms with van der Waals surface area (Å²) in [5.74, 6) is 0.230. The number of hydrogen-bond acceptors (Lipinski definition) is 3. The van der Waals surface area contributed by atoms with E-state index in [-0.39, 0.29) is 5.91 Å². The van der Waals surface area contributed by atoms with Gasteiger partial charge in [0.05, 0.1) is 17.9 Å². The fraction of sp³-hybridized carbons (Fsp3) is 0.143. The zero-order chi connectivity index (χ0) is 13.0. The Balaban J connectivity index is 2.16. The Hall–Kier alpha value is -2.54. The van der Waals surface area contributed by atoms with Crippen LogP contribution in [0.4, 0.5) is 0 Å². The van der Waals surface area contributed by atoms with Crippen LogP contribution in [0.15, 0.2) is 47.1 Å². The highest BCUT2D eigenvalue weighted by Crippen LogP contribution is 2.14. The monoisotopic (exact) mass is 240 g/mol. The maximum absolute atomic E-state index is 11.9. The lowest BCUT2D eigenvalue weighted by atomic mass is 10.1. The minimum absolute atomic E-state index is 0.309. The Kier molecular flexibility index (Phi) is 3.44. The van der Waals surface area contributed by atoms with E-state index in [9.17, 15) is 4.79 Å². The molecule has 90 valence electrons. The highest BCUT2D eigenvalue weighted by Gasteiger charge is 2.17. The number of nitrogens with zero attached hydrogens (tertiary/aromatic N) is 1. The van der Waals surface area contributed by atoms with Gasteiger partial charge in [-0.3, -0.25) is 4.79 Å². The average molecular weight is 240 g/mol. The first-order valence-electron chi connectivity index (χ1n) is 5.52. The predicted octanol–water partition coefficient (Wildman–Crippen LogP) is 2.58. The number of rotatable bonds is 3. The number of carbonyl (C=O) groups is 1. The molecular weight excluding hydrogens is 228 g/mol. The summed E-state index contributed by atoms with van der Waals surface area (Å²) in [6, 6.07) is 12.1. The highest BCUT2D eigenvalue weighted by molar-refractivity contribution is 5.95. The fourth-order valence-electron chi connectivity index (χ4n) is 1.67. The summed E-state index contributed by atoms with van der Waals surface area (Å²) in [4.78, 5) is 11.9. The molecule has 0 aliphatic carbocycles. The molecule has 1 atom stereocenters. The van der Waals surface area contributed by atoms with Crippen LogP contribution in [0.1, 0.15) is 27.7 Å². The van der Waals surface area contributed by atoms with E-state index in [1.54, 1.807) is 25.1 Å². The Bertz CT molecular complexity index is 581. The van der Waals surface area contributed by atoms with Crippen molar-refractivity contribution in [2.45, 2.75) is 13.0 Å². The van der Waals surface area contributed by atoms with Gasteiger partial charge < -0.3 is 9.73 Å². The molecule has 1 aromatic heterocycles. The number of amides is 1. The Labute approximate surface area is 105 Å². The second-order valence-electron chi connectivity index (χ2n) is 3.84. The van der Waals surface area contributed by atoms with E-state index in [0.717, 1.165) is 5.56 Å². The Morgan fingerprint density at radius 2 is 2.06 bits per heavy atom. The Morgan fingerprint density at radius 1 is 1.33 bits per heavy atom. The lowest BCUT2D eigenvalue weighted by Gasteiger charge is -2.11. The number of nitriles is 1. The molecule has 0 aliphatic rings. The first kappa shape index (κ1) is 11.9. The lowest BCUT2D eigenvalue weighted by Crippen LogP contribution is -2.27. The van der Waals surface area contributed by atoms with Gasteiger partial charge in [-0.2, -0.15) is 5.26 Å². The zero-order valence-corrected chi connectivity index (χ0v) is 9.88. The summed E-state index contributed by atoms with van der Waals surface area (Å²) < 4.78 is 5.06. The van der Waals surface area contributed by atoms with Gasteiger partial charge in [-0.25, -0.2) is 0 Å². The summed E-state index contributed by atoms with van der Waals surface area (Å²) >= 11 is 0. The summed E-state index contributed by atoms with van der Waals surface area (Å²) in [7, 11) is 0. The van der Waals surface area contributed by atoms with Crippen molar-refractivity contribution in [3.63, 3.8) is 0 Å². The van der Waals surface area contributed by atoms with Crippen LogP contribution in [0.5, 0.6) is 0 Å². The van der Waals surface area contributed by atoms with Gasteiger partial charge in [-0.05, 0) is 18.6 Å². The standard InChI is InChI=1S/C14H12N2O2/c1-10-12(7-8-18-10)14(17)16-13(9-15)11-5-3-2-4-6-11/h2-8,13H,1H3,(H,16,17). The molecule has 2 rings (SSSR count). The van der Waals surface area contributed by atoms with E-state index in [1.165, 1.54) is 6.26 Å². The van der Waals surface area contributed by atoms with Crippen LogP contribution in [-0.2, 0) is 0 Å². The molecule has 1 aromatic carbocycles. The normalized spacial score (nSPS) is 11.6. The smallest absolute Gasteiger partial charge is 0.256 e. The van der Waals surface area contributed by atoms with E-state index in [0.29, 0.717) is 11.3 Å². The number of carbonyl (C=O) groups excluding carboxylic acids is 1. The van der Waals surface area contributed by atoms with Gasteiger partial charge in [0.15, 0.2) is 0 Å². The summed E-state index contributed by atoms with van der Waals surface area (Å²) in [5, 5.41) is 11.8. The predicted molar refractivity (Wildman–Crippen MR) is 65.7 cm³/mol. The molecule has 0 radical (unpaired) electrons. The lowest BCUT2D eigenvalue weighted by molar-refractivity contribution is 0.0943. The summed E-state index contributed by atoms with van der Waals surface area (Å²) in [6.07, 6.45) is 1.45. The quantitative estimate of drug-likeness (QED) is 0.896. The van der Waals surface area contributed by atoms with Crippen molar-refractivity contribution < 1.29 is 9.21 Å². The van der Waals surface area contributed by atoms with Gasteiger partial charge in [0.25, 0.3) is 5.91 Å². The minimum Gasteiger partial charge on any atom is -0.469 e. The molecule has 0 spiro atoms. The van der Waals surface area contributed by atoms with E-state index in [2.05, 4.69) is 11.4 Å². The van der Waals surface area contributed by atoms with Crippen molar-refractivity contribution in [3.8, 4) is 6.07 Å². The van der Waals surface area contributed by atoms with Crippen molar-refractivity contribution in [1.82, 2.24) is 5.32 Å². The van der Waals surface area contributed by atoms with Gasteiger partial charge in [-0.1, -0.05) is 30.3 Å². The minimum atomic E-state index is -0.659. The largest absolute Gasteiger partial charge is 0.469 e. The van der Waals surface area contributed by atoms with Crippen molar-refractivity contribution in [2.24, 2.45) is 0 Å². The van der Waals surface area contributed by atoms with Crippen LogP contribution in [0, 0.1) is 18.3 Å². The Morgan fingerprint density at radius 3 is 2.61 bits per heavy atom. The van der Waals surface area contributed by atoms with Gasteiger partial charge in [0.2, 0.25) is 0 Å². The highest BCUT2D eigenvalue weighted by atomic mass is 16.3. The van der Waals surface area contributed by atoms with Gasteiger partial charge in [-0.15, -0.1) is 0 Å². The van der Waals surface area contributed by atoms with Crippen LogP contribution in [0.25, 0.3) is 0 Å². The van der Waals surface area contributed by atoms with Crippen molar-refractivity contribution in [2.75, 3.05) is 0 Å². The molecular formula is C14H12N2O2. The third-order valence-corrected chi connectivity index (χ3v) is 2.64. The fourth-order valence-corrected chi connectivity index (χ4v) is 1.67. The molecule has 0 aliphatic heterocycles. The average Bonchev–Trinajstić information content (AvgIpc) is 2.83. The zero-order valence-electron chi connectivity index (χ0n) is 9.88. The van der Waals surface area contributed by atoms with Crippen LogP contribution in [0.3, 0.4) is 0 Å². The molecule has 4 heteroatoms. The molecule has 0 bridgehead atoms. The molecule has 0 saturated carbocycles. The van der Waals surface area contributed by atoms with E-state index in [4.69, 9.17) is 9.68 Å². The van der Waals surface area contributed by atoms with Crippen molar-refractivity contribution >= 4 is 5.91 Å². The number of nitrogens with one attached hydrogen (secondary N) is 1. The first-order chi connectivity index (χ1) is 8.72. The SMILES string of the molecule is Cc1occc1C(=O)NC(C#N)c1ccccc1. The maximum atomic E-state index is 11.9. The maximum Gasteiger partial charge on any atom is 0.256 e. The topological polar surface area (TPSA) is 66.0 Å². The molecule has 1 amide bonds. The van der Waals surface area contributed by atoms with Gasteiger partial charge in [0.1, 0.15) is 11.8 Å². The van der Waals surface area contributed by atoms with Gasteiger partial charge >= 0.3 is 0 Å². The summed E-state index contributed by atoms with van der Waals surface area (Å²) in [6.45, 7) is 1.71. The summed E-state index contributed by atoms with van der Waals surface area (Å²) in [5.41, 5.74) is 1.21. The third-order valence-electron chi connectivity index (χ3n) is 2.64. The second-order valence-corrected chi connectivity index (χ2v) is 3.84. The van der Waals surface area contributed by atoms with Crippen molar-refractivity contribution in [3.05, 3.63) is 59.5 Å². The van der Waals surface area contributed by atoms with Crippen LogP contribution < -0.4 is 5.32 Å². The molecule has 2 aromatic rings. The van der Waals surface area contributed by atoms with E-state index >= 15 is 0 Å². The molecule has 4 nitrogen and oxygen atoms in total. The molecule has 1 unspecified atom stereocenters. The van der Waals surface area contributed by atoms with Crippen LogP contribution in [-0.4, -0.2) is 5.91 Å². The van der Waals surface area contributed by atoms with Crippen LogP contribution >= 0.6 is 0 Å². The number of furan rings is 1. The van der Waals surface area contributed by atoms with Crippen molar-refractivity contribution in [1.29, 1.82) is 5.26 Å².